The maximum atomic E-state index is 12.9. The zero-order valence-corrected chi connectivity index (χ0v) is 15.9. The fourth-order valence-electron chi connectivity index (χ4n) is 2.80. The van der Waals surface area contributed by atoms with Gasteiger partial charge in [0.15, 0.2) is 5.69 Å². The Morgan fingerprint density at radius 2 is 1.89 bits per heavy atom. The summed E-state index contributed by atoms with van der Waals surface area (Å²) in [4.78, 5) is 12.9. The summed E-state index contributed by atoms with van der Waals surface area (Å²) in [6, 6.07) is 18.3. The van der Waals surface area contributed by atoms with Crippen molar-refractivity contribution >= 4 is 23.0 Å². The van der Waals surface area contributed by atoms with Crippen LogP contribution in [-0.2, 0) is 13.0 Å². The number of rotatable bonds is 5. The van der Waals surface area contributed by atoms with E-state index in [9.17, 15) is 15.2 Å². The van der Waals surface area contributed by atoms with E-state index in [1.54, 1.807) is 31.2 Å². The number of nitrogens with zero attached hydrogens (tertiary/aromatic N) is 4. The zero-order chi connectivity index (χ0) is 20.1. The number of hydrogen-bond donors (Lipinski definition) is 1. The SMILES string of the molecule is Cc1c(C#N)c(O)n(CCc2ccccc2)c(=O)c1N=Nc1cccc(Cl)c1. The van der Waals surface area contributed by atoms with Gasteiger partial charge in [-0.3, -0.25) is 9.36 Å². The van der Waals surface area contributed by atoms with Gasteiger partial charge >= 0.3 is 0 Å². The van der Waals surface area contributed by atoms with Gasteiger partial charge in [-0.05, 0) is 37.1 Å². The molecule has 0 bridgehead atoms. The first-order valence-electron chi connectivity index (χ1n) is 8.59. The zero-order valence-electron chi connectivity index (χ0n) is 15.1. The molecule has 28 heavy (non-hydrogen) atoms. The number of azo groups is 1. The van der Waals surface area contributed by atoms with E-state index < -0.39 is 5.56 Å². The number of benzene rings is 2. The van der Waals surface area contributed by atoms with Crippen LogP contribution in [0.3, 0.4) is 0 Å². The summed E-state index contributed by atoms with van der Waals surface area (Å²) in [6.45, 7) is 1.77. The molecule has 0 aliphatic heterocycles. The Labute approximate surface area is 167 Å². The minimum atomic E-state index is -0.504. The summed E-state index contributed by atoms with van der Waals surface area (Å²) < 4.78 is 1.16. The van der Waals surface area contributed by atoms with Gasteiger partial charge in [0.1, 0.15) is 11.6 Å². The standard InChI is InChI=1S/C21H17ClN4O2/c1-14-18(13-23)20(27)26(11-10-15-6-3-2-4-7-15)21(28)19(14)25-24-17-9-5-8-16(22)12-17/h2-9,12,27H,10-11H2,1H3. The van der Waals surface area contributed by atoms with Crippen LogP contribution in [0.25, 0.3) is 0 Å². The second-order valence-corrected chi connectivity index (χ2v) is 6.59. The molecule has 0 spiro atoms. The van der Waals surface area contributed by atoms with Crippen molar-refractivity contribution in [3.63, 3.8) is 0 Å². The first-order chi connectivity index (χ1) is 13.5. The highest BCUT2D eigenvalue weighted by atomic mass is 35.5. The van der Waals surface area contributed by atoms with Crippen LogP contribution in [0, 0.1) is 18.3 Å². The average molecular weight is 393 g/mol. The van der Waals surface area contributed by atoms with Gasteiger partial charge in [0.25, 0.3) is 5.56 Å². The maximum absolute atomic E-state index is 12.9. The Kier molecular flexibility index (Phi) is 5.87. The maximum Gasteiger partial charge on any atom is 0.281 e. The molecule has 0 atom stereocenters. The topological polar surface area (TPSA) is 90.7 Å². The minimum absolute atomic E-state index is 0.00713. The minimum Gasteiger partial charge on any atom is -0.493 e. The van der Waals surface area contributed by atoms with Crippen molar-refractivity contribution in [2.45, 2.75) is 19.9 Å². The molecule has 3 aromatic rings. The van der Waals surface area contributed by atoms with Gasteiger partial charge in [0.2, 0.25) is 5.88 Å². The molecular formula is C21H17ClN4O2. The summed E-state index contributed by atoms with van der Waals surface area (Å²) in [7, 11) is 0. The van der Waals surface area contributed by atoms with Crippen molar-refractivity contribution in [3.8, 4) is 11.9 Å². The van der Waals surface area contributed by atoms with E-state index in [1.807, 2.05) is 36.4 Å². The monoisotopic (exact) mass is 392 g/mol. The molecule has 1 heterocycles. The van der Waals surface area contributed by atoms with E-state index in [-0.39, 0.29) is 29.2 Å². The van der Waals surface area contributed by atoms with Gasteiger partial charge in [0.05, 0.1) is 5.69 Å². The number of aryl methyl sites for hydroxylation is 1. The second-order valence-electron chi connectivity index (χ2n) is 6.16. The lowest BCUT2D eigenvalue weighted by molar-refractivity contribution is 0.404. The largest absolute Gasteiger partial charge is 0.493 e. The molecule has 0 fully saturated rings. The molecule has 6 nitrogen and oxygen atoms in total. The highest BCUT2D eigenvalue weighted by molar-refractivity contribution is 6.30. The molecule has 0 saturated carbocycles. The van der Waals surface area contributed by atoms with Crippen molar-refractivity contribution in [1.29, 1.82) is 5.26 Å². The van der Waals surface area contributed by atoms with E-state index in [4.69, 9.17) is 11.6 Å². The number of nitriles is 1. The first kappa shape index (κ1) is 19.3. The number of pyridine rings is 1. The molecule has 140 valence electrons. The van der Waals surface area contributed by atoms with Crippen LogP contribution in [-0.4, -0.2) is 9.67 Å². The molecule has 1 N–H and O–H groups in total. The van der Waals surface area contributed by atoms with Gasteiger partial charge in [-0.15, -0.1) is 5.11 Å². The van der Waals surface area contributed by atoms with E-state index in [0.29, 0.717) is 17.1 Å². The van der Waals surface area contributed by atoms with Gasteiger partial charge in [-0.1, -0.05) is 48.0 Å². The highest BCUT2D eigenvalue weighted by Crippen LogP contribution is 2.27. The van der Waals surface area contributed by atoms with Crippen LogP contribution in [0.1, 0.15) is 16.7 Å². The molecule has 0 radical (unpaired) electrons. The first-order valence-corrected chi connectivity index (χ1v) is 8.96. The van der Waals surface area contributed by atoms with Gasteiger partial charge in [-0.25, -0.2) is 0 Å². The summed E-state index contributed by atoms with van der Waals surface area (Å²) in [5, 5.41) is 28.5. The fourth-order valence-corrected chi connectivity index (χ4v) is 2.98. The summed E-state index contributed by atoms with van der Waals surface area (Å²) in [5.41, 5.74) is 1.29. The van der Waals surface area contributed by atoms with Crippen LogP contribution in [0.15, 0.2) is 69.6 Å². The van der Waals surface area contributed by atoms with Crippen molar-refractivity contribution in [3.05, 3.63) is 86.7 Å². The molecule has 2 aromatic carbocycles. The third kappa shape index (κ3) is 4.11. The summed E-state index contributed by atoms with van der Waals surface area (Å²) in [5.74, 6) is -0.359. The fraction of sp³-hybridized carbons (Fsp3) is 0.143. The molecule has 7 heteroatoms. The van der Waals surface area contributed by atoms with Crippen LogP contribution in [0.5, 0.6) is 5.88 Å². The van der Waals surface area contributed by atoms with Gasteiger partial charge in [-0.2, -0.15) is 10.4 Å². The quantitative estimate of drug-likeness (QED) is 0.616. The van der Waals surface area contributed by atoms with Gasteiger partial charge in [0, 0.05) is 17.1 Å². The summed E-state index contributed by atoms with van der Waals surface area (Å²) in [6.07, 6.45) is 0.521. The second kappa shape index (κ2) is 8.51. The van der Waals surface area contributed by atoms with E-state index in [0.717, 1.165) is 10.1 Å². The molecule has 0 amide bonds. The van der Waals surface area contributed by atoms with Crippen molar-refractivity contribution in [2.75, 3.05) is 0 Å². The Bertz CT molecular complexity index is 1130. The van der Waals surface area contributed by atoms with Crippen LogP contribution < -0.4 is 5.56 Å². The highest BCUT2D eigenvalue weighted by Gasteiger charge is 2.19. The molecule has 1 aromatic heterocycles. The third-order valence-corrected chi connectivity index (χ3v) is 4.54. The van der Waals surface area contributed by atoms with E-state index >= 15 is 0 Å². The Balaban J connectivity index is 2.02. The van der Waals surface area contributed by atoms with Crippen LogP contribution in [0.2, 0.25) is 5.02 Å². The third-order valence-electron chi connectivity index (χ3n) is 4.31. The predicted octanol–water partition coefficient (Wildman–Crippen LogP) is 5.05. The molecule has 0 unspecified atom stereocenters. The van der Waals surface area contributed by atoms with Crippen molar-refractivity contribution in [1.82, 2.24) is 4.57 Å². The molecule has 0 saturated heterocycles. The molecular weight excluding hydrogens is 376 g/mol. The number of hydrogen-bond acceptors (Lipinski definition) is 5. The predicted molar refractivity (Wildman–Crippen MR) is 108 cm³/mol. The lowest BCUT2D eigenvalue weighted by Gasteiger charge is -2.13. The molecule has 3 rings (SSSR count). The molecule has 0 aliphatic rings. The Hall–Kier alpha value is -3.43. The van der Waals surface area contributed by atoms with Crippen LogP contribution >= 0.6 is 11.6 Å². The van der Waals surface area contributed by atoms with E-state index in [1.165, 1.54) is 0 Å². The van der Waals surface area contributed by atoms with Crippen LogP contribution in [0.4, 0.5) is 11.4 Å². The summed E-state index contributed by atoms with van der Waals surface area (Å²) >= 11 is 5.94. The van der Waals surface area contributed by atoms with E-state index in [2.05, 4.69) is 10.2 Å². The normalized spacial score (nSPS) is 10.9. The average Bonchev–Trinajstić information content (AvgIpc) is 2.69. The smallest absolute Gasteiger partial charge is 0.281 e. The van der Waals surface area contributed by atoms with Crippen molar-refractivity contribution in [2.24, 2.45) is 10.2 Å². The number of aromatic hydroxyl groups is 1. The van der Waals surface area contributed by atoms with Crippen molar-refractivity contribution < 1.29 is 5.11 Å². The lowest BCUT2D eigenvalue weighted by atomic mass is 10.1. The Morgan fingerprint density at radius 3 is 2.57 bits per heavy atom. The molecule has 0 aliphatic carbocycles. The Morgan fingerprint density at radius 1 is 1.14 bits per heavy atom. The van der Waals surface area contributed by atoms with Gasteiger partial charge < -0.3 is 5.11 Å². The number of halogens is 1. The lowest BCUT2D eigenvalue weighted by Crippen LogP contribution is -2.22. The number of aromatic nitrogens is 1.